The van der Waals surface area contributed by atoms with Crippen LogP contribution < -0.4 is 10.1 Å². The lowest BCUT2D eigenvalue weighted by molar-refractivity contribution is -0.154. The molecule has 0 saturated carbocycles. The molecule has 0 aliphatic carbocycles. The molecule has 0 aromatic heterocycles. The van der Waals surface area contributed by atoms with Crippen LogP contribution >= 0.6 is 11.6 Å². The molecular formula is C17H24ClNO4. The minimum absolute atomic E-state index is 0.103. The van der Waals surface area contributed by atoms with Crippen molar-refractivity contribution in [3.63, 3.8) is 0 Å². The van der Waals surface area contributed by atoms with Crippen molar-refractivity contribution in [2.75, 3.05) is 6.61 Å². The van der Waals surface area contributed by atoms with Crippen LogP contribution in [0.1, 0.15) is 39.2 Å². The molecule has 0 aliphatic rings. The van der Waals surface area contributed by atoms with Gasteiger partial charge in [-0.1, -0.05) is 25.4 Å². The average Bonchev–Trinajstić information content (AvgIpc) is 2.52. The van der Waals surface area contributed by atoms with E-state index in [0.29, 0.717) is 10.8 Å². The van der Waals surface area contributed by atoms with Gasteiger partial charge in [0.1, 0.15) is 5.75 Å². The molecule has 1 aromatic carbocycles. The van der Waals surface area contributed by atoms with E-state index >= 15 is 0 Å². The zero-order valence-corrected chi connectivity index (χ0v) is 14.8. The van der Waals surface area contributed by atoms with Crippen LogP contribution in [0, 0.1) is 6.92 Å². The van der Waals surface area contributed by atoms with Gasteiger partial charge in [-0.25, -0.2) is 4.79 Å². The van der Waals surface area contributed by atoms with Gasteiger partial charge < -0.3 is 14.8 Å². The molecule has 0 fully saturated rings. The van der Waals surface area contributed by atoms with Crippen LogP contribution in [0.25, 0.3) is 0 Å². The Labute approximate surface area is 142 Å². The Hall–Kier alpha value is -1.75. The maximum absolute atomic E-state index is 11.9. The standard InChI is InChI=1S/C17H24ClNO4/c1-5-14(6-2)19-16(20)10-22-17(21)12(4)23-15-8-7-13(18)9-11(15)3/h7-9,12,14H,5-6,10H2,1-4H3,(H,19,20). The Morgan fingerprint density at radius 2 is 1.91 bits per heavy atom. The van der Waals surface area contributed by atoms with Crippen LogP contribution in [0.4, 0.5) is 0 Å². The molecule has 1 rings (SSSR count). The number of benzene rings is 1. The van der Waals surface area contributed by atoms with Crippen molar-refractivity contribution < 1.29 is 19.1 Å². The van der Waals surface area contributed by atoms with Crippen LogP contribution in [-0.4, -0.2) is 30.6 Å². The first-order chi connectivity index (χ1) is 10.9. The summed E-state index contributed by atoms with van der Waals surface area (Å²) < 4.78 is 10.5. The van der Waals surface area contributed by atoms with Crippen LogP contribution in [0.5, 0.6) is 5.75 Å². The topological polar surface area (TPSA) is 64.6 Å². The molecule has 0 saturated heterocycles. The Balaban J connectivity index is 2.46. The van der Waals surface area contributed by atoms with Gasteiger partial charge in [-0.15, -0.1) is 0 Å². The fraction of sp³-hybridized carbons (Fsp3) is 0.529. The molecule has 5 nitrogen and oxygen atoms in total. The Morgan fingerprint density at radius 3 is 2.48 bits per heavy atom. The van der Waals surface area contributed by atoms with Gasteiger partial charge in [0, 0.05) is 11.1 Å². The van der Waals surface area contributed by atoms with Crippen molar-refractivity contribution in [3.05, 3.63) is 28.8 Å². The second-order valence-corrected chi connectivity index (χ2v) is 5.79. The van der Waals surface area contributed by atoms with E-state index in [1.165, 1.54) is 0 Å². The normalized spacial score (nSPS) is 11.9. The SMILES string of the molecule is CCC(CC)NC(=O)COC(=O)C(C)Oc1ccc(Cl)cc1C. The largest absolute Gasteiger partial charge is 0.479 e. The first kappa shape index (κ1) is 19.3. The fourth-order valence-electron chi connectivity index (χ4n) is 2.00. The van der Waals surface area contributed by atoms with Crippen molar-refractivity contribution in [2.24, 2.45) is 0 Å². The highest BCUT2D eigenvalue weighted by Gasteiger charge is 2.19. The average molecular weight is 342 g/mol. The van der Waals surface area contributed by atoms with E-state index in [2.05, 4.69) is 5.32 Å². The number of aryl methyl sites for hydroxylation is 1. The maximum Gasteiger partial charge on any atom is 0.347 e. The Morgan fingerprint density at radius 1 is 1.26 bits per heavy atom. The third-order valence-corrected chi connectivity index (χ3v) is 3.70. The highest BCUT2D eigenvalue weighted by atomic mass is 35.5. The van der Waals surface area contributed by atoms with Crippen molar-refractivity contribution in [1.82, 2.24) is 5.32 Å². The molecule has 0 bridgehead atoms. The van der Waals surface area contributed by atoms with Gasteiger partial charge in [-0.3, -0.25) is 4.79 Å². The number of nitrogens with one attached hydrogen (secondary N) is 1. The van der Waals surface area contributed by atoms with E-state index in [-0.39, 0.29) is 18.6 Å². The van der Waals surface area contributed by atoms with Gasteiger partial charge in [0.25, 0.3) is 5.91 Å². The molecule has 6 heteroatoms. The fourth-order valence-corrected chi connectivity index (χ4v) is 2.23. The number of ether oxygens (including phenoxy) is 2. The molecule has 1 N–H and O–H groups in total. The lowest BCUT2D eigenvalue weighted by atomic mass is 10.2. The first-order valence-corrected chi connectivity index (χ1v) is 8.13. The highest BCUT2D eigenvalue weighted by molar-refractivity contribution is 6.30. The van der Waals surface area contributed by atoms with Crippen molar-refractivity contribution in [3.8, 4) is 5.75 Å². The van der Waals surface area contributed by atoms with Crippen molar-refractivity contribution >= 4 is 23.5 Å². The zero-order valence-electron chi connectivity index (χ0n) is 14.0. The van der Waals surface area contributed by atoms with Gasteiger partial charge >= 0.3 is 5.97 Å². The Kier molecular flexibility index (Phi) is 7.89. The highest BCUT2D eigenvalue weighted by Crippen LogP contribution is 2.22. The lowest BCUT2D eigenvalue weighted by Crippen LogP contribution is -2.38. The van der Waals surface area contributed by atoms with Gasteiger partial charge in [-0.05, 0) is 50.5 Å². The molecule has 1 unspecified atom stereocenters. The molecule has 0 heterocycles. The Bertz CT molecular complexity index is 543. The number of hydrogen-bond acceptors (Lipinski definition) is 4. The molecule has 1 aromatic rings. The van der Waals surface area contributed by atoms with E-state index in [1.54, 1.807) is 25.1 Å². The van der Waals surface area contributed by atoms with Crippen molar-refractivity contribution in [2.45, 2.75) is 52.7 Å². The summed E-state index contributed by atoms with van der Waals surface area (Å²) in [6, 6.07) is 5.23. The smallest absolute Gasteiger partial charge is 0.347 e. The van der Waals surface area contributed by atoms with Gasteiger partial charge in [0.15, 0.2) is 12.7 Å². The van der Waals surface area contributed by atoms with Gasteiger partial charge in [-0.2, -0.15) is 0 Å². The van der Waals surface area contributed by atoms with Gasteiger partial charge in [0.2, 0.25) is 0 Å². The molecule has 1 atom stereocenters. The molecular weight excluding hydrogens is 318 g/mol. The molecule has 128 valence electrons. The number of amides is 1. The van der Waals surface area contributed by atoms with Crippen LogP contribution in [0.2, 0.25) is 5.02 Å². The van der Waals surface area contributed by atoms with Gasteiger partial charge in [0.05, 0.1) is 0 Å². The van der Waals surface area contributed by atoms with E-state index in [9.17, 15) is 9.59 Å². The van der Waals surface area contributed by atoms with E-state index in [1.807, 2.05) is 20.8 Å². The molecule has 23 heavy (non-hydrogen) atoms. The number of carbonyl (C=O) groups is 2. The number of halogens is 1. The van der Waals surface area contributed by atoms with E-state index in [4.69, 9.17) is 21.1 Å². The number of hydrogen-bond donors (Lipinski definition) is 1. The predicted molar refractivity (Wildman–Crippen MR) is 89.8 cm³/mol. The number of rotatable bonds is 8. The zero-order chi connectivity index (χ0) is 17.4. The maximum atomic E-state index is 11.9. The summed E-state index contributed by atoms with van der Waals surface area (Å²) in [5, 5.41) is 3.40. The summed E-state index contributed by atoms with van der Waals surface area (Å²) in [4.78, 5) is 23.6. The lowest BCUT2D eigenvalue weighted by Gasteiger charge is -2.17. The van der Waals surface area contributed by atoms with Crippen LogP contribution in [0.15, 0.2) is 18.2 Å². The quantitative estimate of drug-likeness (QED) is 0.737. The van der Waals surface area contributed by atoms with E-state index < -0.39 is 12.1 Å². The molecule has 1 amide bonds. The molecule has 0 spiro atoms. The summed E-state index contributed by atoms with van der Waals surface area (Å²) in [6.45, 7) is 7.09. The summed E-state index contributed by atoms with van der Waals surface area (Å²) >= 11 is 5.87. The monoisotopic (exact) mass is 341 g/mol. The molecule has 0 radical (unpaired) electrons. The second-order valence-electron chi connectivity index (χ2n) is 5.36. The summed E-state index contributed by atoms with van der Waals surface area (Å²) in [7, 11) is 0. The summed E-state index contributed by atoms with van der Waals surface area (Å²) in [5.41, 5.74) is 0.823. The predicted octanol–water partition coefficient (Wildman–Crippen LogP) is 3.26. The second kappa shape index (κ2) is 9.40. The number of carbonyl (C=O) groups excluding carboxylic acids is 2. The number of esters is 1. The van der Waals surface area contributed by atoms with Crippen LogP contribution in [0.3, 0.4) is 0 Å². The third-order valence-electron chi connectivity index (χ3n) is 3.47. The molecule has 0 aliphatic heterocycles. The minimum Gasteiger partial charge on any atom is -0.479 e. The minimum atomic E-state index is -0.809. The van der Waals surface area contributed by atoms with E-state index in [0.717, 1.165) is 18.4 Å². The van der Waals surface area contributed by atoms with Crippen molar-refractivity contribution in [1.29, 1.82) is 0 Å². The third kappa shape index (κ3) is 6.48. The van der Waals surface area contributed by atoms with Crippen LogP contribution in [-0.2, 0) is 14.3 Å². The summed E-state index contributed by atoms with van der Waals surface area (Å²) in [5.74, 6) is -0.332. The summed E-state index contributed by atoms with van der Waals surface area (Å²) in [6.07, 6.45) is 0.868. The first-order valence-electron chi connectivity index (χ1n) is 7.76.